The number of unbranched alkanes of at least 4 members (excludes halogenated alkanes) is 3. The highest BCUT2D eigenvalue weighted by Crippen LogP contribution is 2.36. The number of halogens is 2. The molecule has 2 fully saturated rings. The first-order chi connectivity index (χ1) is 25.0. The molecule has 2 aromatic heterocycles. The SMILES string of the molecule is CCCCC1CCC(CCc2ccc(-c3ccc(Cl)nc3)cc2)CC1.CCCCCC1CCC(CCc2ccc(-c3ccc(Cl)nc3)cc2)CC1. The van der Waals surface area contributed by atoms with Crippen molar-refractivity contribution >= 4 is 23.2 Å². The van der Waals surface area contributed by atoms with Crippen LogP contribution in [-0.4, -0.2) is 9.97 Å². The molecule has 6 rings (SSSR count). The highest BCUT2D eigenvalue weighted by molar-refractivity contribution is 6.29. The highest BCUT2D eigenvalue weighted by Gasteiger charge is 2.21. The molecule has 0 aliphatic heterocycles. The van der Waals surface area contributed by atoms with E-state index in [2.05, 4.69) is 72.3 Å². The normalized spacial score (nSPS) is 20.4. The van der Waals surface area contributed by atoms with E-state index in [1.165, 1.54) is 144 Å². The van der Waals surface area contributed by atoms with Crippen LogP contribution in [0.3, 0.4) is 0 Å². The predicted octanol–water partition coefficient (Wildman–Crippen LogP) is 15.1. The molecular weight excluding hydrogens is 663 g/mol. The first-order valence-corrected chi connectivity index (χ1v) is 21.2. The minimum absolute atomic E-state index is 0.546. The van der Waals surface area contributed by atoms with Gasteiger partial charge in [-0.3, -0.25) is 0 Å². The number of nitrogens with zero attached hydrogens (tertiary/aromatic N) is 2. The summed E-state index contributed by atoms with van der Waals surface area (Å²) >= 11 is 11.7. The van der Waals surface area contributed by atoms with Gasteiger partial charge in [0.1, 0.15) is 10.3 Å². The van der Waals surface area contributed by atoms with Crippen LogP contribution in [0.2, 0.25) is 10.3 Å². The van der Waals surface area contributed by atoms with E-state index >= 15 is 0 Å². The molecule has 0 unspecified atom stereocenters. The maximum Gasteiger partial charge on any atom is 0.129 e. The van der Waals surface area contributed by atoms with Gasteiger partial charge in [0.05, 0.1) is 0 Å². The molecule has 2 saturated carbocycles. The fraction of sp³-hybridized carbons (Fsp3) is 0.532. The van der Waals surface area contributed by atoms with E-state index in [1.807, 2.05) is 36.7 Å². The van der Waals surface area contributed by atoms with E-state index < -0.39 is 0 Å². The third kappa shape index (κ3) is 13.7. The predicted molar refractivity (Wildman–Crippen MR) is 221 cm³/mol. The Morgan fingerprint density at radius 3 is 1.14 bits per heavy atom. The van der Waals surface area contributed by atoms with Gasteiger partial charge >= 0.3 is 0 Å². The van der Waals surface area contributed by atoms with Crippen molar-refractivity contribution in [2.24, 2.45) is 23.7 Å². The van der Waals surface area contributed by atoms with Crippen LogP contribution in [-0.2, 0) is 12.8 Å². The summed E-state index contributed by atoms with van der Waals surface area (Å²) in [5, 5.41) is 1.09. The second-order valence-corrected chi connectivity index (χ2v) is 16.4. The van der Waals surface area contributed by atoms with Gasteiger partial charge in [-0.1, -0.05) is 182 Å². The van der Waals surface area contributed by atoms with Crippen molar-refractivity contribution in [3.63, 3.8) is 0 Å². The van der Waals surface area contributed by atoms with Gasteiger partial charge in [0.15, 0.2) is 0 Å². The van der Waals surface area contributed by atoms with Gasteiger partial charge in [-0.2, -0.15) is 0 Å². The van der Waals surface area contributed by atoms with Crippen molar-refractivity contribution in [1.82, 2.24) is 9.97 Å². The van der Waals surface area contributed by atoms with Gasteiger partial charge in [-0.15, -0.1) is 0 Å². The molecule has 2 nitrogen and oxygen atoms in total. The fourth-order valence-corrected chi connectivity index (χ4v) is 8.58. The Morgan fingerprint density at radius 1 is 0.431 bits per heavy atom. The van der Waals surface area contributed by atoms with Crippen molar-refractivity contribution in [1.29, 1.82) is 0 Å². The molecule has 2 heterocycles. The zero-order chi connectivity index (χ0) is 35.7. The molecule has 51 heavy (non-hydrogen) atoms. The van der Waals surface area contributed by atoms with Crippen molar-refractivity contribution in [2.45, 2.75) is 136 Å². The molecule has 0 atom stereocenters. The first-order valence-electron chi connectivity index (χ1n) is 20.4. The number of benzene rings is 2. The Balaban J connectivity index is 0.000000198. The van der Waals surface area contributed by atoms with E-state index in [0.29, 0.717) is 10.3 Å². The zero-order valence-electron chi connectivity index (χ0n) is 31.5. The third-order valence-electron chi connectivity index (χ3n) is 11.8. The molecule has 0 spiro atoms. The van der Waals surface area contributed by atoms with Crippen LogP contribution < -0.4 is 0 Å². The lowest BCUT2D eigenvalue weighted by Gasteiger charge is -2.28. The zero-order valence-corrected chi connectivity index (χ0v) is 33.0. The van der Waals surface area contributed by atoms with Crippen LogP contribution in [0.25, 0.3) is 22.3 Å². The molecule has 2 aliphatic rings. The molecule has 2 aliphatic carbocycles. The van der Waals surface area contributed by atoms with Gasteiger partial charge in [0, 0.05) is 23.5 Å². The Hall–Kier alpha value is -2.68. The third-order valence-corrected chi connectivity index (χ3v) is 12.3. The molecular formula is C47H62Cl2N2. The summed E-state index contributed by atoms with van der Waals surface area (Å²) in [5.41, 5.74) is 7.60. The molecule has 0 N–H and O–H groups in total. The molecule has 0 saturated heterocycles. The van der Waals surface area contributed by atoms with Gasteiger partial charge < -0.3 is 0 Å². The summed E-state index contributed by atoms with van der Waals surface area (Å²) in [4.78, 5) is 8.34. The maximum absolute atomic E-state index is 5.87. The summed E-state index contributed by atoms with van der Waals surface area (Å²) in [6.07, 6.45) is 30.4. The van der Waals surface area contributed by atoms with Crippen LogP contribution in [0, 0.1) is 23.7 Å². The Morgan fingerprint density at radius 2 is 0.784 bits per heavy atom. The topological polar surface area (TPSA) is 25.8 Å². The smallest absolute Gasteiger partial charge is 0.129 e. The molecule has 0 bridgehead atoms. The molecule has 4 aromatic rings. The Labute approximate surface area is 320 Å². The molecule has 0 radical (unpaired) electrons. The van der Waals surface area contributed by atoms with Crippen LogP contribution >= 0.6 is 23.2 Å². The number of rotatable bonds is 15. The monoisotopic (exact) mass is 724 g/mol. The van der Waals surface area contributed by atoms with Gasteiger partial charge in [-0.05, 0) is 95.9 Å². The van der Waals surface area contributed by atoms with E-state index in [4.69, 9.17) is 23.2 Å². The lowest BCUT2D eigenvalue weighted by molar-refractivity contribution is 0.249. The lowest BCUT2D eigenvalue weighted by Crippen LogP contribution is -2.15. The van der Waals surface area contributed by atoms with Crippen molar-refractivity contribution in [3.8, 4) is 22.3 Å². The Kier molecular flexibility index (Phi) is 16.9. The second kappa shape index (κ2) is 21.8. The minimum Gasteiger partial charge on any atom is -0.244 e. The fourth-order valence-electron chi connectivity index (χ4n) is 8.36. The van der Waals surface area contributed by atoms with E-state index in [0.717, 1.165) is 34.8 Å². The van der Waals surface area contributed by atoms with Gasteiger partial charge in [0.2, 0.25) is 0 Å². The number of hydrogen-bond donors (Lipinski definition) is 0. The lowest BCUT2D eigenvalue weighted by atomic mass is 9.78. The van der Waals surface area contributed by atoms with Crippen molar-refractivity contribution in [3.05, 3.63) is 107 Å². The summed E-state index contributed by atoms with van der Waals surface area (Å²) in [6.45, 7) is 4.61. The number of aromatic nitrogens is 2. The average Bonchev–Trinajstić information content (AvgIpc) is 3.18. The van der Waals surface area contributed by atoms with Crippen LogP contribution in [0.4, 0.5) is 0 Å². The standard InChI is InChI=1S/C24H32ClN.C23H30ClN/c1-2-3-4-5-19-6-8-20(9-7-19)10-11-21-12-14-22(15-13-21)23-16-17-24(25)26-18-23;1-2-3-4-18-5-7-19(8-6-18)9-10-20-11-13-21(14-12-20)22-15-16-23(24)25-17-22/h12-20H,2-11H2,1H3;11-19H,2-10H2,1H3. The summed E-state index contributed by atoms with van der Waals surface area (Å²) in [5.74, 6) is 3.92. The van der Waals surface area contributed by atoms with E-state index in [-0.39, 0.29) is 0 Å². The van der Waals surface area contributed by atoms with Crippen molar-refractivity contribution < 1.29 is 0 Å². The Bertz CT molecular complexity index is 1500. The summed E-state index contributed by atoms with van der Waals surface area (Å²) in [6, 6.07) is 25.7. The van der Waals surface area contributed by atoms with E-state index in [9.17, 15) is 0 Å². The maximum atomic E-state index is 5.87. The second-order valence-electron chi connectivity index (χ2n) is 15.6. The summed E-state index contributed by atoms with van der Waals surface area (Å²) in [7, 11) is 0. The van der Waals surface area contributed by atoms with Crippen LogP contribution in [0.1, 0.15) is 134 Å². The molecule has 4 heteroatoms. The largest absolute Gasteiger partial charge is 0.244 e. The van der Waals surface area contributed by atoms with Crippen LogP contribution in [0.5, 0.6) is 0 Å². The molecule has 274 valence electrons. The van der Waals surface area contributed by atoms with Crippen LogP contribution in [0.15, 0.2) is 85.2 Å². The highest BCUT2D eigenvalue weighted by atomic mass is 35.5. The van der Waals surface area contributed by atoms with Crippen molar-refractivity contribution in [2.75, 3.05) is 0 Å². The first kappa shape index (κ1) is 39.5. The number of aryl methyl sites for hydroxylation is 2. The minimum atomic E-state index is 0.546. The number of hydrogen-bond acceptors (Lipinski definition) is 2. The molecule has 0 amide bonds. The van der Waals surface area contributed by atoms with E-state index in [1.54, 1.807) is 0 Å². The summed E-state index contributed by atoms with van der Waals surface area (Å²) < 4.78 is 0. The van der Waals surface area contributed by atoms with Gasteiger partial charge in [0.25, 0.3) is 0 Å². The number of pyridine rings is 2. The quantitative estimate of drug-likeness (QED) is 0.0901. The molecule has 2 aromatic carbocycles. The average molecular weight is 726 g/mol. The van der Waals surface area contributed by atoms with Gasteiger partial charge in [-0.25, -0.2) is 9.97 Å².